The number of piperazine rings is 1. The van der Waals surface area contributed by atoms with Gasteiger partial charge >= 0.3 is 0 Å². The van der Waals surface area contributed by atoms with Gasteiger partial charge in [0.05, 0.1) is 0 Å². The number of rotatable bonds is 6. The van der Waals surface area contributed by atoms with Gasteiger partial charge in [-0.25, -0.2) is 0 Å². The highest BCUT2D eigenvalue weighted by molar-refractivity contribution is 5.96. The highest BCUT2D eigenvalue weighted by Crippen LogP contribution is 2.17. The van der Waals surface area contributed by atoms with E-state index in [1.165, 1.54) is 4.90 Å². The molecule has 1 saturated heterocycles. The Morgan fingerprint density at radius 2 is 1.96 bits per heavy atom. The molecule has 1 aromatic carbocycles. The molecule has 2 atom stereocenters. The van der Waals surface area contributed by atoms with E-state index in [0.29, 0.717) is 25.8 Å². The fraction of sp³-hybridized carbons (Fsp3) is 0.438. The van der Waals surface area contributed by atoms with E-state index >= 15 is 0 Å². The van der Waals surface area contributed by atoms with E-state index in [4.69, 9.17) is 11.5 Å². The molecular weight excluding hydrogens is 310 g/mol. The van der Waals surface area contributed by atoms with E-state index in [1.54, 1.807) is 31.3 Å². The van der Waals surface area contributed by atoms with Gasteiger partial charge in [-0.2, -0.15) is 0 Å². The van der Waals surface area contributed by atoms with Crippen molar-refractivity contribution in [2.24, 2.45) is 16.5 Å². The molecule has 24 heavy (non-hydrogen) atoms. The van der Waals surface area contributed by atoms with Crippen molar-refractivity contribution >= 4 is 17.8 Å². The van der Waals surface area contributed by atoms with Gasteiger partial charge < -0.3 is 26.8 Å². The number of likely N-dealkylation sites (N-methyl/N-ethyl adjacent to an activating group) is 1. The zero-order valence-electron chi connectivity index (χ0n) is 13.6. The predicted molar refractivity (Wildman–Crippen MR) is 90.2 cm³/mol. The molecule has 0 unspecified atom stereocenters. The second-order valence-electron chi connectivity index (χ2n) is 5.85. The highest BCUT2D eigenvalue weighted by atomic mass is 16.3. The van der Waals surface area contributed by atoms with Gasteiger partial charge in [0.25, 0.3) is 0 Å². The second kappa shape index (κ2) is 7.67. The van der Waals surface area contributed by atoms with Crippen LogP contribution in [0.25, 0.3) is 0 Å². The summed E-state index contributed by atoms with van der Waals surface area (Å²) in [6.07, 6.45) is 1.48. The second-order valence-corrected chi connectivity index (χ2v) is 5.85. The van der Waals surface area contributed by atoms with Gasteiger partial charge in [0.1, 0.15) is 17.8 Å². The number of nitrogens with two attached hydrogens (primary N) is 2. The molecule has 1 aliphatic rings. The van der Waals surface area contributed by atoms with Crippen LogP contribution in [0.3, 0.4) is 0 Å². The van der Waals surface area contributed by atoms with E-state index in [9.17, 15) is 14.7 Å². The SMILES string of the molecule is CN1C(=O)[C@H](CCCN=C(N)N)NC(=O)[C@@H]1Cc1ccc(O)cc1. The molecule has 1 heterocycles. The molecule has 2 rings (SSSR count). The van der Waals surface area contributed by atoms with E-state index < -0.39 is 12.1 Å². The Kier molecular flexibility index (Phi) is 5.62. The topological polar surface area (TPSA) is 134 Å². The van der Waals surface area contributed by atoms with Gasteiger partial charge in [0, 0.05) is 20.0 Å². The number of hydrogen-bond donors (Lipinski definition) is 4. The summed E-state index contributed by atoms with van der Waals surface area (Å²) < 4.78 is 0. The van der Waals surface area contributed by atoms with Crippen molar-refractivity contribution < 1.29 is 14.7 Å². The summed E-state index contributed by atoms with van der Waals surface area (Å²) in [6.45, 7) is 0.419. The number of amides is 2. The largest absolute Gasteiger partial charge is 0.508 e. The maximum Gasteiger partial charge on any atom is 0.245 e. The maximum absolute atomic E-state index is 12.4. The molecule has 1 aliphatic heterocycles. The molecule has 0 aliphatic carbocycles. The molecule has 0 radical (unpaired) electrons. The molecule has 0 saturated carbocycles. The lowest BCUT2D eigenvalue weighted by atomic mass is 9.98. The number of nitrogens with one attached hydrogen (secondary N) is 1. The molecule has 0 aromatic heterocycles. The number of guanidine groups is 1. The maximum atomic E-state index is 12.4. The van der Waals surface area contributed by atoms with E-state index in [0.717, 1.165) is 5.56 Å². The summed E-state index contributed by atoms with van der Waals surface area (Å²) in [5, 5.41) is 12.1. The van der Waals surface area contributed by atoms with Crippen LogP contribution in [-0.4, -0.2) is 53.5 Å². The van der Waals surface area contributed by atoms with Crippen molar-refractivity contribution in [2.75, 3.05) is 13.6 Å². The summed E-state index contributed by atoms with van der Waals surface area (Å²) in [7, 11) is 1.63. The molecule has 1 aromatic rings. The van der Waals surface area contributed by atoms with Gasteiger partial charge in [0.15, 0.2) is 5.96 Å². The molecule has 8 heteroatoms. The van der Waals surface area contributed by atoms with Gasteiger partial charge in [-0.1, -0.05) is 12.1 Å². The van der Waals surface area contributed by atoms with Crippen LogP contribution in [0.4, 0.5) is 0 Å². The zero-order valence-corrected chi connectivity index (χ0v) is 13.6. The molecule has 130 valence electrons. The third-order valence-electron chi connectivity index (χ3n) is 4.04. The number of phenolic OH excluding ortho intramolecular Hbond substituents is 1. The first-order valence-electron chi connectivity index (χ1n) is 7.79. The lowest BCUT2D eigenvalue weighted by Crippen LogP contribution is -2.62. The molecule has 0 bridgehead atoms. The number of carbonyl (C=O) groups is 2. The normalized spacial score (nSPS) is 20.6. The van der Waals surface area contributed by atoms with Crippen LogP contribution in [0.2, 0.25) is 0 Å². The Morgan fingerprint density at radius 1 is 1.29 bits per heavy atom. The number of aliphatic imine (C=N–C) groups is 1. The van der Waals surface area contributed by atoms with Gasteiger partial charge in [-0.05, 0) is 30.5 Å². The molecule has 1 fully saturated rings. The standard InChI is InChI=1S/C16H23N5O3/c1-21-13(9-10-4-6-11(22)7-5-10)14(23)20-12(15(21)24)3-2-8-19-16(17)18/h4-7,12-13,22H,2-3,8-9H2,1H3,(H,20,23)(H4,17,18,19)/t12-,13-/m0/s1. The number of phenols is 1. The van der Waals surface area contributed by atoms with Crippen LogP contribution < -0.4 is 16.8 Å². The molecule has 8 nitrogen and oxygen atoms in total. The summed E-state index contributed by atoms with van der Waals surface area (Å²) >= 11 is 0. The molecular formula is C16H23N5O3. The zero-order chi connectivity index (χ0) is 17.7. The van der Waals surface area contributed by atoms with Gasteiger partial charge in [-0.3, -0.25) is 14.6 Å². The Balaban J connectivity index is 1.96. The van der Waals surface area contributed by atoms with Crippen LogP contribution in [0.5, 0.6) is 5.75 Å². The van der Waals surface area contributed by atoms with Crippen LogP contribution in [0.1, 0.15) is 18.4 Å². The molecule has 0 spiro atoms. The van der Waals surface area contributed by atoms with Crippen molar-refractivity contribution in [3.8, 4) is 5.75 Å². The van der Waals surface area contributed by atoms with Crippen LogP contribution in [0.15, 0.2) is 29.3 Å². The van der Waals surface area contributed by atoms with E-state index in [2.05, 4.69) is 10.3 Å². The minimum absolute atomic E-state index is 0.0140. The third-order valence-corrected chi connectivity index (χ3v) is 4.04. The van der Waals surface area contributed by atoms with Crippen molar-refractivity contribution in [1.82, 2.24) is 10.2 Å². The summed E-state index contributed by atoms with van der Waals surface area (Å²) in [4.78, 5) is 30.1. The molecule has 2 amide bonds. The third kappa shape index (κ3) is 4.37. The first-order chi connectivity index (χ1) is 11.4. The molecule has 6 N–H and O–H groups in total. The van der Waals surface area contributed by atoms with Crippen molar-refractivity contribution in [2.45, 2.75) is 31.3 Å². The highest BCUT2D eigenvalue weighted by Gasteiger charge is 2.37. The lowest BCUT2D eigenvalue weighted by molar-refractivity contribution is -0.147. The monoisotopic (exact) mass is 333 g/mol. The number of aromatic hydroxyl groups is 1. The van der Waals surface area contributed by atoms with Crippen LogP contribution >= 0.6 is 0 Å². The van der Waals surface area contributed by atoms with Crippen molar-refractivity contribution in [3.63, 3.8) is 0 Å². The fourth-order valence-corrected chi connectivity index (χ4v) is 2.69. The number of carbonyl (C=O) groups excluding carboxylic acids is 2. The van der Waals surface area contributed by atoms with Crippen molar-refractivity contribution in [1.29, 1.82) is 0 Å². The predicted octanol–water partition coefficient (Wildman–Crippen LogP) is -0.686. The smallest absolute Gasteiger partial charge is 0.245 e. The lowest BCUT2D eigenvalue weighted by Gasteiger charge is -2.36. The Hall–Kier alpha value is -2.77. The first-order valence-corrected chi connectivity index (χ1v) is 7.79. The van der Waals surface area contributed by atoms with Crippen LogP contribution in [0, 0.1) is 0 Å². The summed E-state index contributed by atoms with van der Waals surface area (Å²) in [6, 6.07) is 5.49. The van der Waals surface area contributed by atoms with Gasteiger partial charge in [-0.15, -0.1) is 0 Å². The van der Waals surface area contributed by atoms with Crippen LogP contribution in [-0.2, 0) is 16.0 Å². The minimum atomic E-state index is -0.559. The number of hydrogen-bond acceptors (Lipinski definition) is 4. The number of benzene rings is 1. The Labute approximate surface area is 140 Å². The summed E-state index contributed by atoms with van der Waals surface area (Å²) in [5.74, 6) is -0.128. The van der Waals surface area contributed by atoms with Gasteiger partial charge in [0.2, 0.25) is 11.8 Å². The number of nitrogens with zero attached hydrogens (tertiary/aromatic N) is 2. The first kappa shape index (κ1) is 17.6. The van der Waals surface area contributed by atoms with Crippen molar-refractivity contribution in [3.05, 3.63) is 29.8 Å². The van der Waals surface area contributed by atoms with E-state index in [-0.39, 0.29) is 23.5 Å². The summed E-state index contributed by atoms with van der Waals surface area (Å²) in [5.41, 5.74) is 11.4. The Bertz CT molecular complexity index is 625. The Morgan fingerprint density at radius 3 is 2.58 bits per heavy atom. The quantitative estimate of drug-likeness (QED) is 0.311. The average molecular weight is 333 g/mol. The van der Waals surface area contributed by atoms with E-state index in [1.807, 2.05) is 0 Å². The minimum Gasteiger partial charge on any atom is -0.508 e. The average Bonchev–Trinajstić information content (AvgIpc) is 2.54. The fourth-order valence-electron chi connectivity index (χ4n) is 2.69.